The molecule has 1 amide bonds. The van der Waals surface area contributed by atoms with Gasteiger partial charge in [0.1, 0.15) is 24.8 Å². The molecule has 7 nitrogen and oxygen atoms in total. The Bertz CT molecular complexity index is 1570. The molecule has 9 heteroatoms. The number of carbonyl (C=O) groups excluding carboxylic acids is 1. The molecule has 204 valence electrons. The highest BCUT2D eigenvalue weighted by atomic mass is 79.9. The average molecular weight is 619 g/mol. The van der Waals surface area contributed by atoms with Crippen molar-refractivity contribution < 1.29 is 19.0 Å². The lowest BCUT2D eigenvalue weighted by Crippen LogP contribution is -2.38. The van der Waals surface area contributed by atoms with Crippen molar-refractivity contribution in [3.05, 3.63) is 98.4 Å². The van der Waals surface area contributed by atoms with E-state index in [2.05, 4.69) is 27.0 Å². The average Bonchev–Trinajstić information content (AvgIpc) is 3.36. The molecular formula is C31H28BrN3O4S. The normalized spacial score (nSPS) is 15.6. The Labute approximate surface area is 246 Å². The smallest absolute Gasteiger partial charge is 0.283 e. The maximum atomic E-state index is 12.9. The van der Waals surface area contributed by atoms with Gasteiger partial charge in [0.2, 0.25) is 0 Å². The van der Waals surface area contributed by atoms with Gasteiger partial charge in [-0.3, -0.25) is 15.1 Å². The lowest BCUT2D eigenvalue weighted by Gasteiger charge is -2.27. The number of nitrogens with one attached hydrogen (secondary N) is 1. The van der Waals surface area contributed by atoms with Crippen molar-refractivity contribution in [2.24, 2.45) is 4.99 Å². The predicted molar refractivity (Wildman–Crippen MR) is 164 cm³/mol. The monoisotopic (exact) mass is 617 g/mol. The summed E-state index contributed by atoms with van der Waals surface area (Å²) in [5, 5.41) is 11.3. The Hall–Kier alpha value is -3.82. The van der Waals surface area contributed by atoms with Crippen LogP contribution in [0.4, 0.5) is 0 Å². The van der Waals surface area contributed by atoms with Crippen LogP contribution in [0.5, 0.6) is 17.2 Å². The molecule has 3 aromatic rings. The van der Waals surface area contributed by atoms with E-state index in [1.165, 1.54) is 17.3 Å². The maximum Gasteiger partial charge on any atom is 0.283 e. The minimum Gasteiger partial charge on any atom is -0.490 e. The molecule has 0 saturated heterocycles. The summed E-state index contributed by atoms with van der Waals surface area (Å²) in [7, 11) is 0. The summed E-state index contributed by atoms with van der Waals surface area (Å²) in [6.45, 7) is 7.07. The first kappa shape index (κ1) is 27.7. The summed E-state index contributed by atoms with van der Waals surface area (Å²) in [5.41, 5.74) is 4.90. The number of benzene rings is 3. The third kappa shape index (κ3) is 5.85. The fourth-order valence-corrected chi connectivity index (χ4v) is 5.88. The van der Waals surface area contributed by atoms with E-state index in [0.717, 1.165) is 22.6 Å². The molecule has 0 radical (unpaired) electrons. The number of nitrogens with zero attached hydrogens (tertiary/aromatic N) is 2. The number of hydrogen-bond donors (Lipinski definition) is 1. The first-order valence-electron chi connectivity index (χ1n) is 12.8. The van der Waals surface area contributed by atoms with Crippen LogP contribution >= 0.6 is 27.7 Å². The Balaban J connectivity index is 1.35. The number of hydrogen-bond acceptors (Lipinski definition) is 6. The molecule has 0 aliphatic carbocycles. The summed E-state index contributed by atoms with van der Waals surface area (Å²) >= 11 is 4.94. The number of halogens is 1. The number of thioether (sulfide) groups is 1. The van der Waals surface area contributed by atoms with Gasteiger partial charge in [-0.05, 0) is 77.7 Å². The highest BCUT2D eigenvalue weighted by molar-refractivity contribution is 9.10. The number of amidine groups is 2. The number of ether oxygens (including phenoxy) is 3. The second kappa shape index (κ2) is 12.1. The fraction of sp³-hybridized carbons (Fsp3) is 0.194. The fourth-order valence-electron chi connectivity index (χ4n) is 4.41. The Morgan fingerprint density at radius 2 is 1.77 bits per heavy atom. The summed E-state index contributed by atoms with van der Waals surface area (Å²) in [6.07, 6.45) is 1.66. The zero-order valence-corrected chi connectivity index (χ0v) is 24.8. The number of rotatable bonds is 9. The maximum absolute atomic E-state index is 12.9. The van der Waals surface area contributed by atoms with Crippen LogP contribution in [0.2, 0.25) is 0 Å². The molecule has 0 aromatic heterocycles. The minimum absolute atomic E-state index is 0.0769. The third-order valence-corrected chi connectivity index (χ3v) is 7.66. The van der Waals surface area contributed by atoms with E-state index in [-0.39, 0.29) is 11.4 Å². The second-order valence-electron chi connectivity index (χ2n) is 9.16. The molecule has 0 unspecified atom stereocenters. The van der Waals surface area contributed by atoms with Crippen molar-refractivity contribution in [1.82, 2.24) is 4.90 Å². The van der Waals surface area contributed by atoms with Crippen LogP contribution in [0.15, 0.2) is 81.1 Å². The first-order valence-corrected chi connectivity index (χ1v) is 14.5. The summed E-state index contributed by atoms with van der Waals surface area (Å²) < 4.78 is 18.5. The minimum atomic E-state index is -0.454. The number of aliphatic imine (C=N–C) groups is 1. The van der Waals surface area contributed by atoms with Gasteiger partial charge in [-0.15, -0.1) is 0 Å². The number of carbonyl (C=O) groups is 1. The van der Waals surface area contributed by atoms with Crippen molar-refractivity contribution >= 4 is 56.4 Å². The first-order chi connectivity index (χ1) is 19.4. The van der Waals surface area contributed by atoms with Gasteiger partial charge in [-0.2, -0.15) is 4.99 Å². The standard InChI is InChI=1S/C31H28BrN3O4S/c1-4-37-27-17-21(16-24(32)28(27)39-13-12-38-26-11-10-19(2)14-20(26)3)15-23-29(33)35-25(22-8-6-5-7-9-22)18-40-31(35)34-30(23)36/h5-11,14-18,33H,4,12-13H2,1-3H3/b23-15-,33-29?. The highest BCUT2D eigenvalue weighted by Crippen LogP contribution is 2.40. The third-order valence-electron chi connectivity index (χ3n) is 6.24. The van der Waals surface area contributed by atoms with Crippen LogP contribution in [0.1, 0.15) is 29.2 Å². The number of amides is 1. The number of fused-ring (bicyclic) bond motifs is 1. The molecule has 0 saturated carbocycles. The second-order valence-corrected chi connectivity index (χ2v) is 10.8. The van der Waals surface area contributed by atoms with Crippen LogP contribution in [0.3, 0.4) is 0 Å². The molecule has 0 spiro atoms. The number of aryl methyl sites for hydroxylation is 2. The van der Waals surface area contributed by atoms with Gasteiger partial charge >= 0.3 is 0 Å². The Morgan fingerprint density at radius 1 is 1.00 bits per heavy atom. The van der Waals surface area contributed by atoms with E-state index in [1.807, 2.05) is 74.7 Å². The molecule has 5 rings (SSSR count). The lowest BCUT2D eigenvalue weighted by atomic mass is 10.1. The van der Waals surface area contributed by atoms with Crippen molar-refractivity contribution in [3.63, 3.8) is 0 Å². The van der Waals surface area contributed by atoms with E-state index in [1.54, 1.807) is 17.0 Å². The Kier molecular flexibility index (Phi) is 8.42. The molecule has 2 aliphatic rings. The molecule has 3 aromatic carbocycles. The van der Waals surface area contributed by atoms with Crippen molar-refractivity contribution in [2.75, 3.05) is 19.8 Å². The molecule has 0 fully saturated rings. The lowest BCUT2D eigenvalue weighted by molar-refractivity contribution is -0.114. The van der Waals surface area contributed by atoms with Gasteiger partial charge in [0.15, 0.2) is 16.7 Å². The molecule has 2 heterocycles. The quantitative estimate of drug-likeness (QED) is 0.201. The van der Waals surface area contributed by atoms with Gasteiger partial charge in [-0.1, -0.05) is 59.8 Å². The summed E-state index contributed by atoms with van der Waals surface area (Å²) in [5.74, 6) is 1.52. The topological polar surface area (TPSA) is 84.2 Å². The van der Waals surface area contributed by atoms with E-state index < -0.39 is 5.91 Å². The van der Waals surface area contributed by atoms with E-state index in [9.17, 15) is 4.79 Å². The molecule has 2 aliphatic heterocycles. The van der Waals surface area contributed by atoms with Crippen LogP contribution in [-0.4, -0.2) is 41.6 Å². The van der Waals surface area contributed by atoms with Crippen LogP contribution in [0.25, 0.3) is 11.8 Å². The SMILES string of the molecule is CCOc1cc(/C=C2/C(=N)N3C(c4ccccc4)=CSC3=NC2=O)cc(Br)c1OCCOc1ccc(C)cc1C. The zero-order valence-electron chi connectivity index (χ0n) is 22.4. The van der Waals surface area contributed by atoms with Crippen molar-refractivity contribution in [1.29, 1.82) is 5.41 Å². The van der Waals surface area contributed by atoms with E-state index >= 15 is 0 Å². The van der Waals surface area contributed by atoms with Crippen LogP contribution in [-0.2, 0) is 4.79 Å². The molecular weight excluding hydrogens is 590 g/mol. The van der Waals surface area contributed by atoms with Gasteiger partial charge in [0.25, 0.3) is 5.91 Å². The highest BCUT2D eigenvalue weighted by Gasteiger charge is 2.36. The van der Waals surface area contributed by atoms with Gasteiger partial charge in [0, 0.05) is 5.41 Å². The molecule has 40 heavy (non-hydrogen) atoms. The van der Waals surface area contributed by atoms with Crippen LogP contribution < -0.4 is 14.2 Å². The molecule has 0 bridgehead atoms. The van der Waals surface area contributed by atoms with Gasteiger partial charge < -0.3 is 14.2 Å². The van der Waals surface area contributed by atoms with Crippen molar-refractivity contribution in [2.45, 2.75) is 20.8 Å². The zero-order chi connectivity index (χ0) is 28.2. The molecule has 1 N–H and O–H groups in total. The van der Waals surface area contributed by atoms with Gasteiger partial charge in [0.05, 0.1) is 22.3 Å². The predicted octanol–water partition coefficient (Wildman–Crippen LogP) is 7.23. The summed E-state index contributed by atoms with van der Waals surface area (Å²) in [6, 6.07) is 19.5. The van der Waals surface area contributed by atoms with Crippen LogP contribution in [0, 0.1) is 19.3 Å². The van der Waals surface area contributed by atoms with Crippen molar-refractivity contribution in [3.8, 4) is 17.2 Å². The van der Waals surface area contributed by atoms with E-state index in [4.69, 9.17) is 19.6 Å². The summed E-state index contributed by atoms with van der Waals surface area (Å²) in [4.78, 5) is 18.9. The molecule has 0 atom stereocenters. The largest absolute Gasteiger partial charge is 0.490 e. The Morgan fingerprint density at radius 3 is 2.52 bits per heavy atom. The van der Waals surface area contributed by atoms with Gasteiger partial charge in [-0.25, -0.2) is 0 Å². The van der Waals surface area contributed by atoms with E-state index in [0.29, 0.717) is 46.5 Å².